The van der Waals surface area contributed by atoms with Crippen LogP contribution >= 0.6 is 0 Å². The van der Waals surface area contributed by atoms with Gasteiger partial charge in [0, 0.05) is 6.20 Å². The number of nitriles is 1. The van der Waals surface area contributed by atoms with Gasteiger partial charge < -0.3 is 10.4 Å². The Morgan fingerprint density at radius 1 is 1.40 bits per heavy atom. The molecule has 2 rings (SSSR count). The maximum atomic E-state index is 13.6. The molecule has 0 aliphatic heterocycles. The van der Waals surface area contributed by atoms with Gasteiger partial charge in [0.15, 0.2) is 0 Å². The summed E-state index contributed by atoms with van der Waals surface area (Å²) in [6, 6.07) is 8.71. The minimum absolute atomic E-state index is 0.122. The normalized spacial score (nSPS) is 9.80. The molecular formula is C14H10FN3O2. The van der Waals surface area contributed by atoms with Crippen LogP contribution in [0.1, 0.15) is 21.6 Å². The fraction of sp³-hybridized carbons (Fsp3) is 0.0714. The number of rotatable bonds is 4. The molecule has 0 amide bonds. The standard InChI is InChI=1S/C14H10FN3O2/c15-12-5-9(7-16)1-2-13(12)18-8-11-6-10(14(19)20)3-4-17-11/h1-6,18H,8H2,(H,19,20). The number of carboxylic acid groups (broad SMARTS) is 1. The predicted molar refractivity (Wildman–Crippen MR) is 69.6 cm³/mol. The van der Waals surface area contributed by atoms with E-state index in [0.717, 1.165) is 6.07 Å². The fourth-order valence-electron chi connectivity index (χ4n) is 1.62. The van der Waals surface area contributed by atoms with Crippen LogP contribution in [0.4, 0.5) is 10.1 Å². The van der Waals surface area contributed by atoms with Crippen LogP contribution in [0.3, 0.4) is 0 Å². The maximum absolute atomic E-state index is 13.6. The van der Waals surface area contributed by atoms with Gasteiger partial charge in [0.05, 0.1) is 35.1 Å². The number of hydrogen-bond donors (Lipinski definition) is 2. The zero-order chi connectivity index (χ0) is 14.5. The van der Waals surface area contributed by atoms with E-state index in [1.54, 1.807) is 0 Å². The van der Waals surface area contributed by atoms with Gasteiger partial charge in [-0.1, -0.05) is 0 Å². The molecule has 0 fully saturated rings. The molecule has 1 aromatic heterocycles. The Bertz CT molecular complexity index is 695. The van der Waals surface area contributed by atoms with E-state index in [0.29, 0.717) is 5.69 Å². The molecule has 1 aromatic carbocycles. The lowest BCUT2D eigenvalue weighted by Gasteiger charge is -2.07. The van der Waals surface area contributed by atoms with Crippen molar-refractivity contribution >= 4 is 11.7 Å². The van der Waals surface area contributed by atoms with Gasteiger partial charge in [0.1, 0.15) is 5.82 Å². The number of nitrogens with zero attached hydrogens (tertiary/aromatic N) is 2. The zero-order valence-corrected chi connectivity index (χ0v) is 10.3. The summed E-state index contributed by atoms with van der Waals surface area (Å²) in [5.74, 6) is -1.59. The molecule has 20 heavy (non-hydrogen) atoms. The van der Waals surface area contributed by atoms with Crippen molar-refractivity contribution in [1.29, 1.82) is 5.26 Å². The van der Waals surface area contributed by atoms with Gasteiger partial charge in [-0.25, -0.2) is 9.18 Å². The number of pyridine rings is 1. The van der Waals surface area contributed by atoms with Crippen LogP contribution in [0, 0.1) is 17.1 Å². The van der Waals surface area contributed by atoms with Gasteiger partial charge in [-0.3, -0.25) is 4.98 Å². The van der Waals surface area contributed by atoms with Gasteiger partial charge in [-0.05, 0) is 30.3 Å². The van der Waals surface area contributed by atoms with Gasteiger partial charge >= 0.3 is 5.97 Å². The summed E-state index contributed by atoms with van der Waals surface area (Å²) in [5, 5.41) is 20.3. The van der Waals surface area contributed by atoms with E-state index >= 15 is 0 Å². The van der Waals surface area contributed by atoms with Crippen molar-refractivity contribution in [2.75, 3.05) is 5.32 Å². The fourth-order valence-corrected chi connectivity index (χ4v) is 1.62. The molecule has 0 unspecified atom stereocenters. The van der Waals surface area contributed by atoms with Crippen molar-refractivity contribution in [3.63, 3.8) is 0 Å². The van der Waals surface area contributed by atoms with Crippen LogP contribution in [-0.4, -0.2) is 16.1 Å². The number of halogens is 1. The summed E-state index contributed by atoms with van der Waals surface area (Å²) in [5.41, 5.74) is 1.07. The second-order valence-corrected chi connectivity index (χ2v) is 4.00. The van der Waals surface area contributed by atoms with Crippen molar-refractivity contribution in [2.24, 2.45) is 0 Å². The first-order chi connectivity index (χ1) is 9.60. The third kappa shape index (κ3) is 3.09. The summed E-state index contributed by atoms with van der Waals surface area (Å²) in [4.78, 5) is 14.8. The predicted octanol–water partition coefficient (Wildman–Crippen LogP) is 2.40. The smallest absolute Gasteiger partial charge is 0.335 e. The summed E-state index contributed by atoms with van der Waals surface area (Å²) in [6.07, 6.45) is 1.38. The highest BCUT2D eigenvalue weighted by molar-refractivity contribution is 5.87. The molecular weight excluding hydrogens is 261 g/mol. The number of anilines is 1. The number of aromatic nitrogens is 1. The molecule has 0 bridgehead atoms. The van der Waals surface area contributed by atoms with Crippen molar-refractivity contribution in [1.82, 2.24) is 4.98 Å². The van der Waals surface area contributed by atoms with Crippen LogP contribution in [0.2, 0.25) is 0 Å². The number of hydrogen-bond acceptors (Lipinski definition) is 4. The second-order valence-electron chi connectivity index (χ2n) is 4.00. The molecule has 0 aliphatic rings. The van der Waals surface area contributed by atoms with Crippen molar-refractivity contribution in [3.8, 4) is 6.07 Å². The van der Waals surface area contributed by atoms with Gasteiger partial charge in [-0.15, -0.1) is 0 Å². The topological polar surface area (TPSA) is 86.0 Å². The van der Waals surface area contributed by atoms with Gasteiger partial charge in [-0.2, -0.15) is 5.26 Å². The third-order valence-corrected chi connectivity index (χ3v) is 2.62. The highest BCUT2D eigenvalue weighted by Crippen LogP contribution is 2.16. The van der Waals surface area contributed by atoms with E-state index < -0.39 is 11.8 Å². The van der Waals surface area contributed by atoms with Gasteiger partial charge in [0.25, 0.3) is 0 Å². The molecule has 0 radical (unpaired) electrons. The number of carbonyl (C=O) groups is 1. The quantitative estimate of drug-likeness (QED) is 0.891. The highest BCUT2D eigenvalue weighted by Gasteiger charge is 2.06. The van der Waals surface area contributed by atoms with E-state index in [9.17, 15) is 9.18 Å². The molecule has 2 aromatic rings. The SMILES string of the molecule is N#Cc1ccc(NCc2cc(C(=O)O)ccn2)c(F)c1. The van der Waals surface area contributed by atoms with Crippen LogP contribution < -0.4 is 5.32 Å². The van der Waals surface area contributed by atoms with E-state index in [-0.39, 0.29) is 23.4 Å². The summed E-state index contributed by atoms with van der Waals surface area (Å²) < 4.78 is 13.6. The molecule has 0 saturated carbocycles. The first kappa shape index (κ1) is 13.5. The van der Waals surface area contributed by atoms with Gasteiger partial charge in [0.2, 0.25) is 0 Å². The van der Waals surface area contributed by atoms with E-state index in [1.165, 1.54) is 30.5 Å². The lowest BCUT2D eigenvalue weighted by molar-refractivity contribution is 0.0696. The van der Waals surface area contributed by atoms with Crippen LogP contribution in [0.15, 0.2) is 36.5 Å². The van der Waals surface area contributed by atoms with Crippen LogP contribution in [0.25, 0.3) is 0 Å². The lowest BCUT2D eigenvalue weighted by atomic mass is 10.2. The minimum atomic E-state index is -1.04. The summed E-state index contributed by atoms with van der Waals surface area (Å²) in [7, 11) is 0. The number of carboxylic acids is 1. The summed E-state index contributed by atoms with van der Waals surface area (Å²) >= 11 is 0. The zero-order valence-electron chi connectivity index (χ0n) is 10.3. The third-order valence-electron chi connectivity index (χ3n) is 2.62. The lowest BCUT2D eigenvalue weighted by Crippen LogP contribution is -2.05. The summed E-state index contributed by atoms with van der Waals surface area (Å²) in [6.45, 7) is 0.184. The Balaban J connectivity index is 2.11. The molecule has 6 heteroatoms. The van der Waals surface area contributed by atoms with Crippen LogP contribution in [0.5, 0.6) is 0 Å². The number of benzene rings is 1. The molecule has 100 valence electrons. The molecule has 0 saturated heterocycles. The Morgan fingerprint density at radius 3 is 2.85 bits per heavy atom. The number of nitrogens with one attached hydrogen (secondary N) is 1. The maximum Gasteiger partial charge on any atom is 0.335 e. The molecule has 0 aliphatic carbocycles. The van der Waals surface area contributed by atoms with Crippen molar-refractivity contribution in [3.05, 3.63) is 59.2 Å². The highest BCUT2D eigenvalue weighted by atomic mass is 19.1. The molecule has 0 atom stereocenters. The van der Waals surface area contributed by atoms with Crippen molar-refractivity contribution < 1.29 is 14.3 Å². The first-order valence-electron chi connectivity index (χ1n) is 5.72. The average Bonchev–Trinajstić information content (AvgIpc) is 2.46. The Kier molecular flexibility index (Phi) is 3.91. The Morgan fingerprint density at radius 2 is 2.20 bits per heavy atom. The Labute approximate surface area is 114 Å². The molecule has 5 nitrogen and oxygen atoms in total. The first-order valence-corrected chi connectivity index (χ1v) is 5.72. The number of aromatic carboxylic acids is 1. The molecule has 0 spiro atoms. The van der Waals surface area contributed by atoms with E-state index in [4.69, 9.17) is 10.4 Å². The molecule has 2 N–H and O–H groups in total. The van der Waals surface area contributed by atoms with E-state index in [2.05, 4.69) is 10.3 Å². The minimum Gasteiger partial charge on any atom is -0.478 e. The monoisotopic (exact) mass is 271 g/mol. The van der Waals surface area contributed by atoms with E-state index in [1.807, 2.05) is 6.07 Å². The van der Waals surface area contributed by atoms with Crippen molar-refractivity contribution in [2.45, 2.75) is 6.54 Å². The average molecular weight is 271 g/mol. The molecule has 1 heterocycles. The van der Waals surface area contributed by atoms with Crippen LogP contribution in [-0.2, 0) is 6.54 Å². The largest absolute Gasteiger partial charge is 0.478 e. The second kappa shape index (κ2) is 5.80. The Hall–Kier alpha value is -2.94.